The minimum atomic E-state index is -0.435. The summed E-state index contributed by atoms with van der Waals surface area (Å²) >= 11 is 1.75. The standard InChI is InChI=1S/C14H20N2S/c1-9(2)10-5-6-11-12(7-10)17-13(16-11)14(3,4)8-15/h9-10H,5-7H2,1-4H3. The third-order valence-electron chi connectivity index (χ3n) is 3.73. The molecule has 1 heterocycles. The smallest absolute Gasteiger partial charge is 0.113 e. The van der Waals surface area contributed by atoms with Crippen LogP contribution in [-0.4, -0.2) is 4.98 Å². The van der Waals surface area contributed by atoms with Crippen LogP contribution in [0.4, 0.5) is 0 Å². The molecule has 3 heteroatoms. The van der Waals surface area contributed by atoms with Gasteiger partial charge in [-0.15, -0.1) is 11.3 Å². The molecule has 17 heavy (non-hydrogen) atoms. The molecule has 0 bridgehead atoms. The number of fused-ring (bicyclic) bond motifs is 1. The van der Waals surface area contributed by atoms with Crippen molar-refractivity contribution in [2.75, 3.05) is 0 Å². The first-order valence-electron chi connectivity index (χ1n) is 6.34. The van der Waals surface area contributed by atoms with Crippen molar-refractivity contribution in [3.63, 3.8) is 0 Å². The Kier molecular flexibility index (Phi) is 3.27. The fourth-order valence-electron chi connectivity index (χ4n) is 2.28. The molecule has 2 nitrogen and oxygen atoms in total. The van der Waals surface area contributed by atoms with Gasteiger partial charge in [0, 0.05) is 4.88 Å². The summed E-state index contributed by atoms with van der Waals surface area (Å²) < 4.78 is 0. The van der Waals surface area contributed by atoms with Gasteiger partial charge in [0.25, 0.3) is 0 Å². The summed E-state index contributed by atoms with van der Waals surface area (Å²) in [5.74, 6) is 1.54. The number of thiazole rings is 1. The molecule has 0 fully saturated rings. The lowest BCUT2D eigenvalue weighted by Crippen LogP contribution is -2.18. The molecule has 1 aromatic heterocycles. The molecule has 1 unspecified atom stereocenters. The summed E-state index contributed by atoms with van der Waals surface area (Å²) in [7, 11) is 0. The van der Waals surface area contributed by atoms with E-state index in [4.69, 9.17) is 5.26 Å². The molecular weight excluding hydrogens is 228 g/mol. The quantitative estimate of drug-likeness (QED) is 0.800. The average molecular weight is 248 g/mol. The Morgan fingerprint density at radius 3 is 2.76 bits per heavy atom. The van der Waals surface area contributed by atoms with Crippen molar-refractivity contribution in [2.24, 2.45) is 11.8 Å². The monoisotopic (exact) mass is 248 g/mol. The van der Waals surface area contributed by atoms with Crippen LogP contribution in [0.25, 0.3) is 0 Å². The highest BCUT2D eigenvalue weighted by Gasteiger charge is 2.29. The zero-order chi connectivity index (χ0) is 12.6. The number of nitrogens with zero attached hydrogens (tertiary/aromatic N) is 2. The Morgan fingerprint density at radius 2 is 2.18 bits per heavy atom. The predicted octanol–water partition coefficient (Wildman–Crippen LogP) is 3.71. The van der Waals surface area contributed by atoms with E-state index in [1.165, 1.54) is 17.0 Å². The van der Waals surface area contributed by atoms with Crippen molar-refractivity contribution < 1.29 is 0 Å². The number of nitriles is 1. The molecule has 1 atom stereocenters. The molecular formula is C14H20N2S. The highest BCUT2D eigenvalue weighted by Crippen LogP contribution is 2.36. The number of aromatic nitrogens is 1. The molecule has 1 aliphatic carbocycles. The number of rotatable bonds is 2. The highest BCUT2D eigenvalue weighted by atomic mass is 32.1. The van der Waals surface area contributed by atoms with E-state index in [1.807, 2.05) is 13.8 Å². The van der Waals surface area contributed by atoms with Gasteiger partial charge < -0.3 is 0 Å². The first-order valence-corrected chi connectivity index (χ1v) is 7.16. The number of hydrogen-bond donors (Lipinski definition) is 0. The molecule has 0 amide bonds. The van der Waals surface area contributed by atoms with Gasteiger partial charge in [-0.1, -0.05) is 13.8 Å². The van der Waals surface area contributed by atoms with E-state index in [-0.39, 0.29) is 0 Å². The van der Waals surface area contributed by atoms with Crippen LogP contribution in [0.15, 0.2) is 0 Å². The maximum absolute atomic E-state index is 9.17. The SMILES string of the molecule is CC(C)C1CCc2nc(C(C)(C)C#N)sc2C1. The lowest BCUT2D eigenvalue weighted by atomic mass is 9.83. The van der Waals surface area contributed by atoms with Crippen molar-refractivity contribution >= 4 is 11.3 Å². The molecule has 0 aromatic carbocycles. The third-order valence-corrected chi connectivity index (χ3v) is 5.18. The predicted molar refractivity (Wildman–Crippen MR) is 71.1 cm³/mol. The van der Waals surface area contributed by atoms with Crippen LogP contribution in [0, 0.1) is 23.2 Å². The van der Waals surface area contributed by atoms with Crippen molar-refractivity contribution in [3.8, 4) is 6.07 Å². The number of hydrogen-bond acceptors (Lipinski definition) is 3. The van der Waals surface area contributed by atoms with Crippen LogP contribution in [-0.2, 0) is 18.3 Å². The summed E-state index contributed by atoms with van der Waals surface area (Å²) in [6.45, 7) is 8.52. The molecule has 1 aromatic rings. The van der Waals surface area contributed by atoms with E-state index >= 15 is 0 Å². The minimum Gasteiger partial charge on any atom is -0.244 e. The first kappa shape index (κ1) is 12.6. The maximum Gasteiger partial charge on any atom is 0.113 e. The molecule has 0 saturated heterocycles. The Balaban J connectivity index is 2.27. The Labute approximate surface area is 108 Å². The largest absolute Gasteiger partial charge is 0.244 e. The Hall–Kier alpha value is -0.880. The fraction of sp³-hybridized carbons (Fsp3) is 0.714. The van der Waals surface area contributed by atoms with Crippen LogP contribution >= 0.6 is 11.3 Å². The van der Waals surface area contributed by atoms with Crippen LogP contribution < -0.4 is 0 Å². The normalized spacial score (nSPS) is 20.1. The van der Waals surface area contributed by atoms with Crippen LogP contribution in [0.2, 0.25) is 0 Å². The molecule has 2 rings (SSSR count). The molecule has 0 N–H and O–H groups in total. The van der Waals surface area contributed by atoms with Crippen molar-refractivity contribution in [1.82, 2.24) is 4.98 Å². The Morgan fingerprint density at radius 1 is 1.47 bits per heavy atom. The zero-order valence-electron chi connectivity index (χ0n) is 11.1. The molecule has 1 aliphatic rings. The van der Waals surface area contributed by atoms with Gasteiger partial charge in [0.1, 0.15) is 10.4 Å². The van der Waals surface area contributed by atoms with Gasteiger partial charge >= 0.3 is 0 Å². The van der Waals surface area contributed by atoms with Gasteiger partial charge in [-0.05, 0) is 44.9 Å². The van der Waals surface area contributed by atoms with Gasteiger partial charge in [0.05, 0.1) is 11.8 Å². The van der Waals surface area contributed by atoms with Crippen LogP contribution in [0.5, 0.6) is 0 Å². The second-order valence-corrected chi connectivity index (χ2v) is 6.96. The zero-order valence-corrected chi connectivity index (χ0v) is 11.9. The van der Waals surface area contributed by atoms with Crippen LogP contribution in [0.3, 0.4) is 0 Å². The summed E-state index contributed by atoms with van der Waals surface area (Å²) in [4.78, 5) is 6.11. The minimum absolute atomic E-state index is 0.435. The fourth-order valence-corrected chi connectivity index (χ4v) is 3.54. The average Bonchev–Trinajstić information content (AvgIpc) is 2.72. The molecule has 0 aliphatic heterocycles. The van der Waals surface area contributed by atoms with Gasteiger partial charge in [-0.25, -0.2) is 4.98 Å². The van der Waals surface area contributed by atoms with Crippen molar-refractivity contribution in [3.05, 3.63) is 15.6 Å². The van der Waals surface area contributed by atoms with Gasteiger partial charge in [0.15, 0.2) is 0 Å². The summed E-state index contributed by atoms with van der Waals surface area (Å²) in [6, 6.07) is 2.35. The third kappa shape index (κ3) is 2.37. The van der Waals surface area contributed by atoms with E-state index in [0.717, 1.165) is 29.7 Å². The van der Waals surface area contributed by atoms with Gasteiger partial charge in [-0.3, -0.25) is 0 Å². The Bertz CT molecular complexity index is 451. The highest BCUT2D eigenvalue weighted by molar-refractivity contribution is 7.12. The topological polar surface area (TPSA) is 36.7 Å². The summed E-state index contributed by atoms with van der Waals surface area (Å²) in [5.41, 5.74) is 0.820. The molecule has 0 saturated carbocycles. The van der Waals surface area contributed by atoms with Gasteiger partial charge in [-0.2, -0.15) is 5.26 Å². The van der Waals surface area contributed by atoms with E-state index in [0.29, 0.717) is 0 Å². The van der Waals surface area contributed by atoms with E-state index in [9.17, 15) is 0 Å². The van der Waals surface area contributed by atoms with Crippen molar-refractivity contribution in [1.29, 1.82) is 5.26 Å². The molecule has 92 valence electrons. The number of aryl methyl sites for hydroxylation is 1. The second kappa shape index (κ2) is 4.42. The first-order chi connectivity index (χ1) is 7.94. The van der Waals surface area contributed by atoms with E-state index in [1.54, 1.807) is 11.3 Å². The summed E-state index contributed by atoms with van der Waals surface area (Å²) in [6.07, 6.45) is 3.50. The summed E-state index contributed by atoms with van der Waals surface area (Å²) in [5, 5.41) is 10.2. The second-order valence-electron chi connectivity index (χ2n) is 5.87. The lowest BCUT2D eigenvalue weighted by molar-refractivity contribution is 0.344. The van der Waals surface area contributed by atoms with E-state index < -0.39 is 5.41 Å². The van der Waals surface area contributed by atoms with Crippen LogP contribution in [0.1, 0.15) is 49.7 Å². The molecule has 0 spiro atoms. The van der Waals surface area contributed by atoms with Gasteiger partial charge in [0.2, 0.25) is 0 Å². The maximum atomic E-state index is 9.17. The molecule has 0 radical (unpaired) electrons. The van der Waals surface area contributed by atoms with E-state index in [2.05, 4.69) is 24.9 Å². The van der Waals surface area contributed by atoms with Crippen molar-refractivity contribution in [2.45, 2.75) is 52.4 Å². The lowest BCUT2D eigenvalue weighted by Gasteiger charge is -2.24.